The van der Waals surface area contributed by atoms with Crippen molar-refractivity contribution in [3.63, 3.8) is 0 Å². The fourth-order valence-corrected chi connectivity index (χ4v) is 2.95. The lowest BCUT2D eigenvalue weighted by Crippen LogP contribution is -2.42. The molecule has 2 atom stereocenters. The van der Waals surface area contributed by atoms with Crippen LogP contribution in [0.15, 0.2) is 24.3 Å². The first-order chi connectivity index (χ1) is 8.48. The van der Waals surface area contributed by atoms with E-state index < -0.39 is 5.60 Å². The molecule has 1 saturated carbocycles. The van der Waals surface area contributed by atoms with Crippen LogP contribution in [0.5, 0.6) is 0 Å². The van der Waals surface area contributed by atoms with Crippen molar-refractivity contribution in [3.8, 4) is 0 Å². The Bertz CT molecular complexity index is 385. The van der Waals surface area contributed by atoms with Crippen molar-refractivity contribution in [2.75, 3.05) is 0 Å². The van der Waals surface area contributed by atoms with Gasteiger partial charge in [0.15, 0.2) is 0 Å². The Labute approximate surface area is 110 Å². The van der Waals surface area contributed by atoms with Gasteiger partial charge in [-0.05, 0) is 42.7 Å². The molecule has 2 heteroatoms. The fourth-order valence-electron chi connectivity index (χ4n) is 2.95. The average Bonchev–Trinajstić information content (AvgIpc) is 2.28. The smallest absolute Gasteiger partial charge is 0.0702 e. The average molecular weight is 247 g/mol. The largest absolute Gasteiger partial charge is 0.389 e. The van der Waals surface area contributed by atoms with Crippen LogP contribution in [-0.2, 0) is 6.42 Å². The van der Waals surface area contributed by atoms with Crippen LogP contribution >= 0.6 is 0 Å². The van der Waals surface area contributed by atoms with Crippen molar-refractivity contribution in [2.24, 2.45) is 5.73 Å². The van der Waals surface area contributed by atoms with Crippen molar-refractivity contribution >= 4 is 0 Å². The van der Waals surface area contributed by atoms with E-state index in [0.29, 0.717) is 5.92 Å². The predicted molar refractivity (Wildman–Crippen MR) is 75.6 cm³/mol. The van der Waals surface area contributed by atoms with Crippen LogP contribution in [0, 0.1) is 0 Å². The minimum Gasteiger partial charge on any atom is -0.389 e. The van der Waals surface area contributed by atoms with Crippen molar-refractivity contribution in [1.29, 1.82) is 0 Å². The molecule has 0 saturated heterocycles. The lowest BCUT2D eigenvalue weighted by molar-refractivity contribution is -0.00190. The topological polar surface area (TPSA) is 46.2 Å². The van der Waals surface area contributed by atoms with E-state index in [-0.39, 0.29) is 6.04 Å². The van der Waals surface area contributed by atoms with Crippen molar-refractivity contribution in [1.82, 2.24) is 0 Å². The third-order valence-electron chi connectivity index (χ3n) is 4.04. The van der Waals surface area contributed by atoms with Crippen LogP contribution in [0.3, 0.4) is 0 Å². The van der Waals surface area contributed by atoms with Crippen molar-refractivity contribution in [2.45, 2.75) is 63.5 Å². The van der Waals surface area contributed by atoms with Gasteiger partial charge in [-0.25, -0.2) is 0 Å². The third-order valence-corrected chi connectivity index (χ3v) is 4.04. The quantitative estimate of drug-likeness (QED) is 0.862. The van der Waals surface area contributed by atoms with Gasteiger partial charge in [-0.2, -0.15) is 0 Å². The molecule has 2 unspecified atom stereocenters. The second-order valence-corrected chi connectivity index (χ2v) is 6.15. The van der Waals surface area contributed by atoms with E-state index in [4.69, 9.17) is 5.73 Å². The summed E-state index contributed by atoms with van der Waals surface area (Å²) in [7, 11) is 0. The second-order valence-electron chi connectivity index (χ2n) is 6.15. The van der Waals surface area contributed by atoms with Gasteiger partial charge in [-0.1, -0.05) is 38.1 Å². The molecule has 2 nitrogen and oxygen atoms in total. The van der Waals surface area contributed by atoms with E-state index in [9.17, 15) is 5.11 Å². The first-order valence-corrected chi connectivity index (χ1v) is 7.05. The van der Waals surface area contributed by atoms with Gasteiger partial charge in [0.1, 0.15) is 0 Å². The molecule has 1 aliphatic carbocycles. The second kappa shape index (κ2) is 5.41. The molecule has 100 valence electrons. The molecule has 0 heterocycles. The number of hydrogen-bond donors (Lipinski definition) is 2. The van der Waals surface area contributed by atoms with Gasteiger partial charge in [0.05, 0.1) is 5.60 Å². The van der Waals surface area contributed by atoms with E-state index in [2.05, 4.69) is 38.1 Å². The third kappa shape index (κ3) is 3.33. The minimum absolute atomic E-state index is 0.165. The van der Waals surface area contributed by atoms with Crippen molar-refractivity contribution in [3.05, 3.63) is 35.4 Å². The highest BCUT2D eigenvalue weighted by atomic mass is 16.3. The summed E-state index contributed by atoms with van der Waals surface area (Å²) in [5, 5.41) is 10.6. The fraction of sp³-hybridized carbons (Fsp3) is 0.625. The Hall–Kier alpha value is -0.860. The summed E-state index contributed by atoms with van der Waals surface area (Å²) in [6, 6.07) is 8.80. The predicted octanol–water partition coefficient (Wildman–Crippen LogP) is 2.98. The molecule has 3 N–H and O–H groups in total. The molecule has 2 rings (SSSR count). The lowest BCUT2D eigenvalue weighted by Gasteiger charge is -2.35. The summed E-state index contributed by atoms with van der Waals surface area (Å²) < 4.78 is 0. The first-order valence-electron chi connectivity index (χ1n) is 7.05. The Morgan fingerprint density at radius 1 is 1.33 bits per heavy atom. The highest BCUT2D eigenvalue weighted by Crippen LogP contribution is 2.31. The number of benzene rings is 1. The van der Waals surface area contributed by atoms with Gasteiger partial charge in [0.2, 0.25) is 0 Å². The summed E-state index contributed by atoms with van der Waals surface area (Å²) in [5.41, 5.74) is 7.95. The molecule has 0 bridgehead atoms. The monoisotopic (exact) mass is 247 g/mol. The van der Waals surface area contributed by atoms with E-state index in [1.807, 2.05) is 0 Å². The Morgan fingerprint density at radius 3 is 2.56 bits per heavy atom. The van der Waals surface area contributed by atoms with E-state index >= 15 is 0 Å². The number of aliphatic hydroxyl groups is 1. The highest BCUT2D eigenvalue weighted by Gasteiger charge is 2.32. The van der Waals surface area contributed by atoms with Crippen LogP contribution in [0.1, 0.15) is 56.6 Å². The van der Waals surface area contributed by atoms with Gasteiger partial charge < -0.3 is 10.8 Å². The maximum absolute atomic E-state index is 10.6. The number of nitrogens with two attached hydrogens (primary N) is 1. The molecule has 1 aliphatic rings. The van der Waals surface area contributed by atoms with Crippen LogP contribution in [0.4, 0.5) is 0 Å². The van der Waals surface area contributed by atoms with Gasteiger partial charge in [-0.15, -0.1) is 0 Å². The normalized spacial score (nSPS) is 28.6. The standard InChI is InChI=1S/C16H25NO/c1-12(2)14-7-5-13(6-8-14)10-16(18)9-3-4-15(17)11-16/h5-8,12,15,18H,3-4,9-11,17H2,1-2H3. The summed E-state index contributed by atoms with van der Waals surface area (Å²) in [6.07, 6.45) is 4.45. The van der Waals surface area contributed by atoms with E-state index in [1.165, 1.54) is 11.1 Å². The summed E-state index contributed by atoms with van der Waals surface area (Å²) in [6.45, 7) is 4.39. The Kier molecular flexibility index (Phi) is 4.08. The summed E-state index contributed by atoms with van der Waals surface area (Å²) >= 11 is 0. The molecule has 1 aromatic rings. The molecule has 0 aliphatic heterocycles. The number of rotatable bonds is 3. The van der Waals surface area contributed by atoms with Gasteiger partial charge in [0, 0.05) is 12.5 Å². The highest BCUT2D eigenvalue weighted by molar-refractivity contribution is 5.26. The van der Waals surface area contributed by atoms with Crippen LogP contribution in [-0.4, -0.2) is 16.7 Å². The van der Waals surface area contributed by atoms with Crippen LogP contribution in [0.25, 0.3) is 0 Å². The molecule has 0 spiro atoms. The molecule has 0 amide bonds. The maximum Gasteiger partial charge on any atom is 0.0702 e. The molecule has 0 radical (unpaired) electrons. The zero-order chi connectivity index (χ0) is 13.2. The minimum atomic E-state index is -0.586. The lowest BCUT2D eigenvalue weighted by atomic mass is 9.78. The molecule has 1 aromatic carbocycles. The summed E-state index contributed by atoms with van der Waals surface area (Å²) in [4.78, 5) is 0. The van der Waals surface area contributed by atoms with Gasteiger partial charge in [0.25, 0.3) is 0 Å². The van der Waals surface area contributed by atoms with Crippen molar-refractivity contribution < 1.29 is 5.11 Å². The molecule has 1 fully saturated rings. The molecular weight excluding hydrogens is 222 g/mol. The maximum atomic E-state index is 10.6. The van der Waals surface area contributed by atoms with E-state index in [0.717, 1.165) is 32.1 Å². The Morgan fingerprint density at radius 2 is 2.00 bits per heavy atom. The van der Waals surface area contributed by atoms with Gasteiger partial charge >= 0.3 is 0 Å². The Balaban J connectivity index is 2.04. The van der Waals surface area contributed by atoms with Crippen LogP contribution in [0.2, 0.25) is 0 Å². The summed E-state index contributed by atoms with van der Waals surface area (Å²) in [5.74, 6) is 0.560. The zero-order valence-electron chi connectivity index (χ0n) is 11.5. The SMILES string of the molecule is CC(C)c1ccc(CC2(O)CCCC(N)C2)cc1. The first kappa shape index (κ1) is 13.6. The molecule has 18 heavy (non-hydrogen) atoms. The molecule has 0 aromatic heterocycles. The number of hydrogen-bond acceptors (Lipinski definition) is 2. The molecular formula is C16H25NO. The van der Waals surface area contributed by atoms with Gasteiger partial charge in [-0.3, -0.25) is 0 Å². The van der Waals surface area contributed by atoms with E-state index in [1.54, 1.807) is 0 Å². The zero-order valence-corrected chi connectivity index (χ0v) is 11.5. The van der Waals surface area contributed by atoms with Crippen LogP contribution < -0.4 is 5.73 Å².